The maximum Gasteiger partial charge on any atom is 0.0558 e. The molecule has 2 unspecified atom stereocenters. The topological polar surface area (TPSA) is 38.7 Å². The molecular weight excluding hydrogens is 214 g/mol. The summed E-state index contributed by atoms with van der Waals surface area (Å²) in [6.07, 6.45) is 1.25. The minimum atomic E-state index is 0.255. The summed E-state index contributed by atoms with van der Waals surface area (Å²) in [7, 11) is 2.13. The molecular formula is C13H29N3O. The number of hydrogen-bond acceptors (Lipinski definition) is 4. The molecule has 0 aliphatic carbocycles. The highest BCUT2D eigenvalue weighted by molar-refractivity contribution is 4.86. The van der Waals surface area contributed by atoms with E-state index in [1.165, 1.54) is 13.0 Å². The first kappa shape index (κ1) is 14.9. The number of likely N-dealkylation sites (N-methyl/N-ethyl adjacent to an activating group) is 1. The third kappa shape index (κ3) is 4.54. The first-order valence-corrected chi connectivity index (χ1v) is 6.97. The SMILES string of the molecule is CCN(CC)CC1CCNCC1N(C)CCO. The Morgan fingerprint density at radius 3 is 2.59 bits per heavy atom. The van der Waals surface area contributed by atoms with E-state index in [1.54, 1.807) is 0 Å². The third-order valence-corrected chi connectivity index (χ3v) is 4.00. The molecule has 0 bridgehead atoms. The van der Waals surface area contributed by atoms with Crippen LogP contribution in [0.3, 0.4) is 0 Å². The molecule has 4 nitrogen and oxygen atoms in total. The maximum absolute atomic E-state index is 9.06. The highest BCUT2D eigenvalue weighted by Gasteiger charge is 2.28. The van der Waals surface area contributed by atoms with Crippen LogP contribution in [-0.4, -0.2) is 73.9 Å². The largest absolute Gasteiger partial charge is 0.395 e. The van der Waals surface area contributed by atoms with Gasteiger partial charge in [-0.05, 0) is 39.0 Å². The van der Waals surface area contributed by atoms with E-state index in [2.05, 4.69) is 36.0 Å². The summed E-state index contributed by atoms with van der Waals surface area (Å²) < 4.78 is 0. The van der Waals surface area contributed by atoms with Crippen LogP contribution in [0.2, 0.25) is 0 Å². The molecule has 1 saturated heterocycles. The van der Waals surface area contributed by atoms with Gasteiger partial charge in [0.05, 0.1) is 6.61 Å². The lowest BCUT2D eigenvalue weighted by Gasteiger charge is -2.40. The first-order valence-electron chi connectivity index (χ1n) is 6.97. The lowest BCUT2D eigenvalue weighted by molar-refractivity contribution is 0.0929. The Hall–Kier alpha value is -0.160. The van der Waals surface area contributed by atoms with E-state index in [4.69, 9.17) is 5.11 Å². The Labute approximate surface area is 106 Å². The van der Waals surface area contributed by atoms with Crippen molar-refractivity contribution < 1.29 is 5.11 Å². The van der Waals surface area contributed by atoms with Gasteiger partial charge in [-0.15, -0.1) is 0 Å². The molecule has 0 amide bonds. The number of aliphatic hydroxyl groups excluding tert-OH is 1. The van der Waals surface area contributed by atoms with Gasteiger partial charge in [-0.1, -0.05) is 13.8 Å². The van der Waals surface area contributed by atoms with Gasteiger partial charge in [-0.2, -0.15) is 0 Å². The summed E-state index contributed by atoms with van der Waals surface area (Å²) in [6.45, 7) is 11.2. The van der Waals surface area contributed by atoms with E-state index in [-0.39, 0.29) is 6.61 Å². The number of piperidine rings is 1. The van der Waals surface area contributed by atoms with Crippen LogP contribution in [0.1, 0.15) is 20.3 Å². The van der Waals surface area contributed by atoms with E-state index < -0.39 is 0 Å². The van der Waals surface area contributed by atoms with Gasteiger partial charge in [0.2, 0.25) is 0 Å². The average molecular weight is 243 g/mol. The summed E-state index contributed by atoms with van der Waals surface area (Å²) in [5.74, 6) is 0.729. The number of nitrogens with one attached hydrogen (secondary N) is 1. The van der Waals surface area contributed by atoms with Crippen molar-refractivity contribution in [1.29, 1.82) is 0 Å². The van der Waals surface area contributed by atoms with Crippen LogP contribution < -0.4 is 5.32 Å². The molecule has 1 fully saturated rings. The third-order valence-electron chi connectivity index (χ3n) is 4.00. The zero-order valence-corrected chi connectivity index (χ0v) is 11.7. The monoisotopic (exact) mass is 243 g/mol. The highest BCUT2D eigenvalue weighted by Crippen LogP contribution is 2.18. The minimum absolute atomic E-state index is 0.255. The molecule has 1 aliphatic rings. The normalized spacial score (nSPS) is 25.8. The fraction of sp³-hybridized carbons (Fsp3) is 1.00. The predicted octanol–water partition coefficient (Wildman–Crippen LogP) is 0.230. The van der Waals surface area contributed by atoms with Gasteiger partial charge in [0.25, 0.3) is 0 Å². The van der Waals surface area contributed by atoms with Crippen molar-refractivity contribution in [1.82, 2.24) is 15.1 Å². The molecule has 4 heteroatoms. The van der Waals surface area contributed by atoms with Crippen molar-refractivity contribution >= 4 is 0 Å². The van der Waals surface area contributed by atoms with Crippen LogP contribution in [0.4, 0.5) is 0 Å². The average Bonchev–Trinajstić information content (AvgIpc) is 2.36. The molecule has 2 atom stereocenters. The van der Waals surface area contributed by atoms with Crippen LogP contribution >= 0.6 is 0 Å². The van der Waals surface area contributed by atoms with Crippen LogP contribution in [0.15, 0.2) is 0 Å². The molecule has 0 aromatic heterocycles. The molecule has 1 rings (SSSR count). The van der Waals surface area contributed by atoms with E-state index >= 15 is 0 Å². The molecule has 102 valence electrons. The second-order valence-electron chi connectivity index (χ2n) is 5.01. The minimum Gasteiger partial charge on any atom is -0.395 e. The number of rotatable bonds is 7. The molecule has 2 N–H and O–H groups in total. The van der Waals surface area contributed by atoms with Crippen LogP contribution in [-0.2, 0) is 0 Å². The van der Waals surface area contributed by atoms with Gasteiger partial charge in [0.1, 0.15) is 0 Å². The zero-order chi connectivity index (χ0) is 12.7. The lowest BCUT2D eigenvalue weighted by Crippen LogP contribution is -2.53. The zero-order valence-electron chi connectivity index (χ0n) is 11.7. The van der Waals surface area contributed by atoms with Crippen molar-refractivity contribution in [3.63, 3.8) is 0 Å². The quantitative estimate of drug-likeness (QED) is 0.671. The van der Waals surface area contributed by atoms with Gasteiger partial charge >= 0.3 is 0 Å². The Balaban J connectivity index is 2.52. The van der Waals surface area contributed by atoms with E-state index in [0.29, 0.717) is 6.04 Å². The van der Waals surface area contributed by atoms with Crippen molar-refractivity contribution in [2.45, 2.75) is 26.3 Å². The lowest BCUT2D eigenvalue weighted by atomic mass is 9.91. The summed E-state index contributed by atoms with van der Waals surface area (Å²) in [4.78, 5) is 4.82. The van der Waals surface area contributed by atoms with Gasteiger partial charge in [0, 0.05) is 25.7 Å². The molecule has 1 aliphatic heterocycles. The summed E-state index contributed by atoms with van der Waals surface area (Å²) in [6, 6.07) is 0.566. The van der Waals surface area contributed by atoms with Crippen molar-refractivity contribution in [3.8, 4) is 0 Å². The van der Waals surface area contributed by atoms with Gasteiger partial charge in [0.15, 0.2) is 0 Å². The smallest absolute Gasteiger partial charge is 0.0558 e. The van der Waals surface area contributed by atoms with Crippen molar-refractivity contribution in [3.05, 3.63) is 0 Å². The molecule has 0 radical (unpaired) electrons. The second kappa shape index (κ2) is 8.03. The maximum atomic E-state index is 9.06. The summed E-state index contributed by atoms with van der Waals surface area (Å²) >= 11 is 0. The van der Waals surface area contributed by atoms with Gasteiger partial charge in [-0.3, -0.25) is 4.90 Å². The second-order valence-corrected chi connectivity index (χ2v) is 5.01. The van der Waals surface area contributed by atoms with Gasteiger partial charge in [-0.25, -0.2) is 0 Å². The van der Waals surface area contributed by atoms with Crippen molar-refractivity contribution in [2.75, 3.05) is 52.9 Å². The van der Waals surface area contributed by atoms with E-state index in [9.17, 15) is 0 Å². The molecule has 0 aromatic carbocycles. The Morgan fingerprint density at radius 1 is 1.29 bits per heavy atom. The molecule has 0 spiro atoms. The highest BCUT2D eigenvalue weighted by atomic mass is 16.3. The predicted molar refractivity (Wildman–Crippen MR) is 72.3 cm³/mol. The van der Waals surface area contributed by atoms with Crippen LogP contribution in [0, 0.1) is 5.92 Å². The Kier molecular flexibility index (Phi) is 7.04. The fourth-order valence-electron chi connectivity index (χ4n) is 2.76. The number of nitrogens with zero attached hydrogens (tertiary/aromatic N) is 2. The van der Waals surface area contributed by atoms with E-state index in [1.807, 2.05) is 0 Å². The summed E-state index contributed by atoms with van der Waals surface area (Å²) in [5.41, 5.74) is 0. The van der Waals surface area contributed by atoms with Gasteiger partial charge < -0.3 is 15.3 Å². The van der Waals surface area contributed by atoms with Crippen LogP contribution in [0.5, 0.6) is 0 Å². The summed E-state index contributed by atoms with van der Waals surface area (Å²) in [5, 5.41) is 12.5. The molecule has 0 aromatic rings. The molecule has 17 heavy (non-hydrogen) atoms. The Morgan fingerprint density at radius 2 is 2.00 bits per heavy atom. The molecule has 1 heterocycles. The standard InChI is InChI=1S/C13H29N3O/c1-4-16(5-2)11-12-6-7-14-10-13(12)15(3)8-9-17/h12-14,17H,4-11H2,1-3H3. The van der Waals surface area contributed by atoms with Crippen LogP contribution in [0.25, 0.3) is 0 Å². The number of hydrogen-bond donors (Lipinski definition) is 2. The van der Waals surface area contributed by atoms with Crippen molar-refractivity contribution in [2.24, 2.45) is 5.92 Å². The fourth-order valence-corrected chi connectivity index (χ4v) is 2.76. The Bertz CT molecular complexity index is 197. The molecule has 0 saturated carbocycles. The first-order chi connectivity index (χ1) is 8.22. The van der Waals surface area contributed by atoms with E-state index in [0.717, 1.165) is 38.6 Å². The number of aliphatic hydroxyl groups is 1.